The van der Waals surface area contributed by atoms with Gasteiger partial charge in [-0.25, -0.2) is 0 Å². The van der Waals surface area contributed by atoms with Gasteiger partial charge in [0.05, 0.1) is 0 Å². The fraction of sp³-hybridized carbons (Fsp3) is 0.217. The summed E-state index contributed by atoms with van der Waals surface area (Å²) in [6.07, 6.45) is 6.64. The van der Waals surface area contributed by atoms with Crippen molar-refractivity contribution in [3.05, 3.63) is 91.0 Å². The first-order chi connectivity index (χ1) is 11.9. The molecule has 1 aliphatic heterocycles. The maximum atomic E-state index is 2.39. The summed E-state index contributed by atoms with van der Waals surface area (Å²) in [4.78, 5) is 0. The standard InChI is InChI=1S/C23H25P/c1-5-13-21(14-6-1)24(19-11-4-12-20-24,22-15-7-2-8-16-22)23-17-9-3-10-18-23/h1-3,5-10,13-18H,4,11-12,19-20H2. The molecule has 0 nitrogen and oxygen atoms in total. The molecule has 1 saturated heterocycles. The quantitative estimate of drug-likeness (QED) is 0.610. The summed E-state index contributed by atoms with van der Waals surface area (Å²) >= 11 is 0. The molecular formula is C23H25P. The molecule has 1 heterocycles. The van der Waals surface area contributed by atoms with Crippen LogP contribution in [0.4, 0.5) is 0 Å². The van der Waals surface area contributed by atoms with Crippen molar-refractivity contribution in [3.8, 4) is 0 Å². The predicted molar refractivity (Wildman–Crippen MR) is 109 cm³/mol. The molecule has 1 heteroatoms. The molecule has 0 aromatic heterocycles. The van der Waals surface area contributed by atoms with Gasteiger partial charge < -0.3 is 0 Å². The molecule has 1 aliphatic rings. The Bertz CT molecular complexity index is 684. The number of hydrogen-bond acceptors (Lipinski definition) is 0. The van der Waals surface area contributed by atoms with Crippen molar-refractivity contribution >= 4 is 22.5 Å². The van der Waals surface area contributed by atoms with Crippen LogP contribution >= 0.6 is 6.60 Å². The summed E-state index contributed by atoms with van der Waals surface area (Å²) in [6.45, 7) is -2.37. The third kappa shape index (κ3) is 2.17. The first-order valence-electron chi connectivity index (χ1n) is 9.04. The van der Waals surface area contributed by atoms with E-state index in [0.29, 0.717) is 0 Å². The number of rotatable bonds is 3. The van der Waals surface area contributed by atoms with Crippen LogP contribution in [0.2, 0.25) is 0 Å². The van der Waals surface area contributed by atoms with Gasteiger partial charge >= 0.3 is 145 Å². The summed E-state index contributed by atoms with van der Waals surface area (Å²) in [5.41, 5.74) is 0. The van der Waals surface area contributed by atoms with Crippen LogP contribution in [0, 0.1) is 0 Å². The average Bonchev–Trinajstić information content (AvgIpc) is 2.71. The van der Waals surface area contributed by atoms with Gasteiger partial charge in [-0.3, -0.25) is 0 Å². The summed E-state index contributed by atoms with van der Waals surface area (Å²) in [6, 6.07) is 34.2. The monoisotopic (exact) mass is 332 g/mol. The Labute approximate surface area is 145 Å². The molecule has 3 aromatic rings. The van der Waals surface area contributed by atoms with Crippen molar-refractivity contribution in [1.29, 1.82) is 0 Å². The summed E-state index contributed by atoms with van der Waals surface area (Å²) in [5.74, 6) is 0. The van der Waals surface area contributed by atoms with Crippen LogP contribution in [-0.4, -0.2) is 12.3 Å². The number of benzene rings is 3. The third-order valence-corrected chi connectivity index (χ3v) is 13.2. The second kappa shape index (κ2) is 6.19. The Morgan fingerprint density at radius 3 is 1.08 bits per heavy atom. The van der Waals surface area contributed by atoms with Gasteiger partial charge in [0, 0.05) is 0 Å². The molecule has 0 N–H and O–H groups in total. The van der Waals surface area contributed by atoms with E-state index in [9.17, 15) is 0 Å². The van der Waals surface area contributed by atoms with Crippen LogP contribution in [0.3, 0.4) is 0 Å². The molecule has 0 bridgehead atoms. The van der Waals surface area contributed by atoms with Gasteiger partial charge in [0.2, 0.25) is 0 Å². The molecule has 24 heavy (non-hydrogen) atoms. The molecule has 0 spiro atoms. The molecule has 0 unspecified atom stereocenters. The van der Waals surface area contributed by atoms with E-state index >= 15 is 0 Å². The maximum absolute atomic E-state index is 2.39. The SMILES string of the molecule is c1ccc(P2(c3ccccc3)(c3ccccc3)CCCCC2)cc1. The van der Waals surface area contributed by atoms with E-state index in [1.807, 2.05) is 0 Å². The number of hydrogen-bond donors (Lipinski definition) is 0. The zero-order valence-corrected chi connectivity index (χ0v) is 15.0. The third-order valence-electron chi connectivity index (χ3n) is 5.94. The molecule has 0 amide bonds. The Morgan fingerprint density at radius 1 is 0.417 bits per heavy atom. The van der Waals surface area contributed by atoms with Gasteiger partial charge in [0.25, 0.3) is 0 Å². The first kappa shape index (κ1) is 15.6. The van der Waals surface area contributed by atoms with E-state index in [1.54, 1.807) is 15.9 Å². The van der Waals surface area contributed by atoms with E-state index in [-0.39, 0.29) is 0 Å². The van der Waals surface area contributed by atoms with E-state index < -0.39 is 6.60 Å². The van der Waals surface area contributed by atoms with Gasteiger partial charge in [-0.2, -0.15) is 0 Å². The normalized spacial score (nSPS) is 20.6. The van der Waals surface area contributed by atoms with Crippen LogP contribution in [0.5, 0.6) is 0 Å². The van der Waals surface area contributed by atoms with Crippen molar-refractivity contribution in [2.24, 2.45) is 0 Å². The van der Waals surface area contributed by atoms with E-state index in [1.165, 1.54) is 31.6 Å². The molecular weight excluding hydrogens is 307 g/mol. The molecule has 0 atom stereocenters. The van der Waals surface area contributed by atoms with Gasteiger partial charge in [-0.05, 0) is 0 Å². The van der Waals surface area contributed by atoms with E-state index in [2.05, 4.69) is 91.0 Å². The Hall–Kier alpha value is -1.91. The fourth-order valence-corrected chi connectivity index (χ4v) is 12.0. The second-order valence-electron chi connectivity index (χ2n) is 7.02. The minimum atomic E-state index is -2.37. The van der Waals surface area contributed by atoms with Crippen molar-refractivity contribution in [2.75, 3.05) is 12.3 Å². The average molecular weight is 332 g/mol. The zero-order chi connectivity index (χ0) is 16.3. The second-order valence-corrected chi connectivity index (χ2v) is 12.5. The zero-order valence-electron chi connectivity index (χ0n) is 14.1. The Balaban J connectivity index is 2.12. The van der Waals surface area contributed by atoms with Crippen LogP contribution in [-0.2, 0) is 0 Å². The molecule has 122 valence electrons. The van der Waals surface area contributed by atoms with Crippen molar-refractivity contribution < 1.29 is 0 Å². The summed E-state index contributed by atoms with van der Waals surface area (Å²) < 4.78 is 0. The van der Waals surface area contributed by atoms with Crippen molar-refractivity contribution in [2.45, 2.75) is 19.3 Å². The molecule has 0 saturated carbocycles. The minimum absolute atomic E-state index is 1.31. The molecule has 4 rings (SSSR count). The first-order valence-corrected chi connectivity index (χ1v) is 11.6. The van der Waals surface area contributed by atoms with E-state index in [0.717, 1.165) is 0 Å². The van der Waals surface area contributed by atoms with Crippen LogP contribution in [0.15, 0.2) is 91.0 Å². The van der Waals surface area contributed by atoms with Crippen molar-refractivity contribution in [3.63, 3.8) is 0 Å². The van der Waals surface area contributed by atoms with Gasteiger partial charge in [-0.15, -0.1) is 0 Å². The molecule has 0 aliphatic carbocycles. The van der Waals surface area contributed by atoms with E-state index in [4.69, 9.17) is 0 Å². The summed E-state index contributed by atoms with van der Waals surface area (Å²) in [5, 5.41) is 4.71. The van der Waals surface area contributed by atoms with Gasteiger partial charge in [0.1, 0.15) is 0 Å². The molecule has 3 aromatic carbocycles. The Morgan fingerprint density at radius 2 is 0.750 bits per heavy atom. The summed E-state index contributed by atoms with van der Waals surface area (Å²) in [7, 11) is 0. The fourth-order valence-electron chi connectivity index (χ4n) is 4.80. The van der Waals surface area contributed by atoms with Gasteiger partial charge in [0.15, 0.2) is 0 Å². The Kier molecular flexibility index (Phi) is 4.02. The van der Waals surface area contributed by atoms with Crippen LogP contribution < -0.4 is 15.9 Å². The van der Waals surface area contributed by atoms with Crippen LogP contribution in [0.1, 0.15) is 19.3 Å². The van der Waals surface area contributed by atoms with Crippen molar-refractivity contribution in [1.82, 2.24) is 0 Å². The molecule has 0 radical (unpaired) electrons. The molecule has 1 fully saturated rings. The topological polar surface area (TPSA) is 0 Å². The van der Waals surface area contributed by atoms with Crippen LogP contribution in [0.25, 0.3) is 0 Å². The predicted octanol–water partition coefficient (Wildman–Crippen LogP) is 4.70. The van der Waals surface area contributed by atoms with Gasteiger partial charge in [-0.1, -0.05) is 0 Å².